The summed E-state index contributed by atoms with van der Waals surface area (Å²) in [5, 5.41) is 0. The van der Waals surface area contributed by atoms with Crippen molar-refractivity contribution in [1.29, 1.82) is 0 Å². The fraction of sp³-hybridized carbons (Fsp3) is 0.235. The number of methoxy groups -OCH3 is 1. The molecule has 0 fully saturated rings. The molecule has 0 unspecified atom stereocenters. The number of hydrogen-bond donors (Lipinski definition) is 1. The van der Waals surface area contributed by atoms with Crippen molar-refractivity contribution in [1.82, 2.24) is 0 Å². The van der Waals surface area contributed by atoms with Gasteiger partial charge in [0.1, 0.15) is 5.75 Å². The third kappa shape index (κ3) is 3.34. The monoisotopic (exact) mass is 284 g/mol. The van der Waals surface area contributed by atoms with Gasteiger partial charge in [-0.1, -0.05) is 19.1 Å². The quantitative estimate of drug-likeness (QED) is 0.878. The molecule has 0 atom stereocenters. The Labute approximate surface area is 125 Å². The smallest absolute Gasteiger partial charge is 0.258 e. The number of carbonyl (C=O) groups is 1. The number of anilines is 2. The van der Waals surface area contributed by atoms with Crippen LogP contribution in [-0.2, 0) is 6.42 Å². The lowest BCUT2D eigenvalue weighted by Gasteiger charge is -2.18. The minimum atomic E-state index is -0.121. The number of benzene rings is 2. The highest BCUT2D eigenvalue weighted by Gasteiger charge is 2.15. The summed E-state index contributed by atoms with van der Waals surface area (Å²) in [6.07, 6.45) is 0.977. The first kappa shape index (κ1) is 14.9. The minimum absolute atomic E-state index is 0.121. The van der Waals surface area contributed by atoms with Crippen LogP contribution >= 0.6 is 0 Å². The van der Waals surface area contributed by atoms with E-state index in [4.69, 9.17) is 10.5 Å². The molecule has 0 heterocycles. The maximum atomic E-state index is 12.5. The number of amides is 1. The highest BCUT2D eigenvalue weighted by atomic mass is 16.5. The molecule has 0 radical (unpaired) electrons. The zero-order chi connectivity index (χ0) is 15.4. The first-order chi connectivity index (χ1) is 10.0. The topological polar surface area (TPSA) is 55.6 Å². The average Bonchev–Trinajstić information content (AvgIpc) is 2.52. The molecule has 2 aromatic carbocycles. The van der Waals surface area contributed by atoms with Gasteiger partial charge in [-0.2, -0.15) is 0 Å². The molecule has 0 aliphatic heterocycles. The molecule has 0 aromatic heterocycles. The second-order valence-electron chi connectivity index (χ2n) is 4.88. The van der Waals surface area contributed by atoms with E-state index in [2.05, 4.69) is 6.92 Å². The Bertz CT molecular complexity index is 636. The van der Waals surface area contributed by atoms with Crippen LogP contribution < -0.4 is 15.4 Å². The van der Waals surface area contributed by atoms with E-state index in [0.717, 1.165) is 12.1 Å². The summed E-state index contributed by atoms with van der Waals surface area (Å²) in [5.41, 5.74) is 8.90. The van der Waals surface area contributed by atoms with Gasteiger partial charge in [0.15, 0.2) is 0 Å². The van der Waals surface area contributed by atoms with Crippen LogP contribution in [0.15, 0.2) is 42.5 Å². The molecule has 110 valence electrons. The average molecular weight is 284 g/mol. The molecular formula is C17H20N2O2. The summed E-state index contributed by atoms with van der Waals surface area (Å²) < 4.78 is 5.15. The second-order valence-corrected chi connectivity index (χ2v) is 4.88. The zero-order valence-electron chi connectivity index (χ0n) is 12.6. The molecule has 0 aliphatic carbocycles. The van der Waals surface area contributed by atoms with Gasteiger partial charge in [-0.15, -0.1) is 0 Å². The third-order valence-electron chi connectivity index (χ3n) is 3.45. The normalized spacial score (nSPS) is 10.2. The van der Waals surface area contributed by atoms with Crippen molar-refractivity contribution in [2.24, 2.45) is 0 Å². The maximum absolute atomic E-state index is 12.5. The molecule has 2 rings (SSSR count). The van der Waals surface area contributed by atoms with Gasteiger partial charge >= 0.3 is 0 Å². The second kappa shape index (κ2) is 6.31. The van der Waals surface area contributed by atoms with Crippen molar-refractivity contribution in [3.8, 4) is 5.75 Å². The van der Waals surface area contributed by atoms with Crippen LogP contribution in [0.25, 0.3) is 0 Å². The first-order valence-corrected chi connectivity index (χ1v) is 6.86. The van der Waals surface area contributed by atoms with E-state index in [0.29, 0.717) is 17.0 Å². The molecule has 1 amide bonds. The van der Waals surface area contributed by atoms with E-state index in [-0.39, 0.29) is 5.91 Å². The number of hydrogen-bond acceptors (Lipinski definition) is 3. The summed E-state index contributed by atoms with van der Waals surface area (Å²) in [6.45, 7) is 2.10. The van der Waals surface area contributed by atoms with Gasteiger partial charge in [0, 0.05) is 30.1 Å². The van der Waals surface area contributed by atoms with Crippen molar-refractivity contribution in [2.75, 3.05) is 24.8 Å². The lowest BCUT2D eigenvalue weighted by Crippen LogP contribution is -2.26. The molecule has 0 aliphatic rings. The molecular weight excluding hydrogens is 264 g/mol. The van der Waals surface area contributed by atoms with Crippen molar-refractivity contribution in [3.63, 3.8) is 0 Å². The van der Waals surface area contributed by atoms with Crippen LogP contribution in [0.4, 0.5) is 11.4 Å². The number of ether oxygens (including phenoxy) is 1. The molecule has 2 N–H and O–H groups in total. The Balaban J connectivity index is 2.27. The highest BCUT2D eigenvalue weighted by Crippen LogP contribution is 2.22. The first-order valence-electron chi connectivity index (χ1n) is 6.86. The SMILES string of the molecule is CCc1ccc(N(C)C(=O)c2cc(N)cc(OC)c2)cc1. The van der Waals surface area contributed by atoms with Crippen molar-refractivity contribution >= 4 is 17.3 Å². The van der Waals surface area contributed by atoms with Gasteiger partial charge < -0.3 is 15.4 Å². The number of nitrogen functional groups attached to an aromatic ring is 1. The van der Waals surface area contributed by atoms with Gasteiger partial charge in [-0.05, 0) is 36.2 Å². The molecule has 0 saturated heterocycles. The summed E-state index contributed by atoms with van der Waals surface area (Å²) in [6, 6.07) is 13.0. The van der Waals surface area contributed by atoms with Crippen molar-refractivity contribution < 1.29 is 9.53 Å². The largest absolute Gasteiger partial charge is 0.497 e. The minimum Gasteiger partial charge on any atom is -0.497 e. The van der Waals surface area contributed by atoms with Crippen LogP contribution in [0, 0.1) is 0 Å². The molecule has 21 heavy (non-hydrogen) atoms. The fourth-order valence-corrected chi connectivity index (χ4v) is 2.13. The highest BCUT2D eigenvalue weighted by molar-refractivity contribution is 6.06. The van der Waals surface area contributed by atoms with Crippen molar-refractivity contribution in [2.45, 2.75) is 13.3 Å². The van der Waals surface area contributed by atoms with Crippen LogP contribution in [0.5, 0.6) is 5.75 Å². The third-order valence-corrected chi connectivity index (χ3v) is 3.45. The molecule has 0 spiro atoms. The molecule has 4 heteroatoms. The van der Waals surface area contributed by atoms with E-state index in [9.17, 15) is 4.79 Å². The van der Waals surface area contributed by atoms with Crippen molar-refractivity contribution in [3.05, 3.63) is 53.6 Å². The van der Waals surface area contributed by atoms with Gasteiger partial charge in [0.25, 0.3) is 5.91 Å². The summed E-state index contributed by atoms with van der Waals surface area (Å²) >= 11 is 0. The summed E-state index contributed by atoms with van der Waals surface area (Å²) in [4.78, 5) is 14.1. The number of rotatable bonds is 4. The number of nitrogens with two attached hydrogens (primary N) is 1. The van der Waals surface area contributed by atoms with Gasteiger partial charge in [-0.25, -0.2) is 0 Å². The summed E-state index contributed by atoms with van der Waals surface area (Å²) in [7, 11) is 3.30. The van der Waals surface area contributed by atoms with E-state index in [1.54, 1.807) is 37.3 Å². The van der Waals surface area contributed by atoms with Crippen LogP contribution in [-0.4, -0.2) is 20.1 Å². The van der Waals surface area contributed by atoms with E-state index >= 15 is 0 Å². The predicted octanol–water partition coefficient (Wildman–Crippen LogP) is 3.12. The Morgan fingerprint density at radius 2 is 1.86 bits per heavy atom. The van der Waals surface area contributed by atoms with Crippen LogP contribution in [0.2, 0.25) is 0 Å². The van der Waals surface area contributed by atoms with E-state index < -0.39 is 0 Å². The maximum Gasteiger partial charge on any atom is 0.258 e. The Kier molecular flexibility index (Phi) is 4.48. The Morgan fingerprint density at radius 3 is 2.43 bits per heavy atom. The van der Waals surface area contributed by atoms with E-state index in [1.807, 2.05) is 24.3 Å². The fourth-order valence-electron chi connectivity index (χ4n) is 2.13. The predicted molar refractivity (Wildman–Crippen MR) is 86.0 cm³/mol. The Morgan fingerprint density at radius 1 is 1.19 bits per heavy atom. The standard InChI is InChI=1S/C17H20N2O2/c1-4-12-5-7-15(8-6-12)19(2)17(20)13-9-14(18)11-16(10-13)21-3/h5-11H,4,18H2,1-3H3. The van der Waals surface area contributed by atoms with Gasteiger partial charge in [0.2, 0.25) is 0 Å². The number of carbonyl (C=O) groups excluding carboxylic acids is 1. The molecule has 0 saturated carbocycles. The van der Waals surface area contributed by atoms with Crippen LogP contribution in [0.1, 0.15) is 22.8 Å². The molecule has 4 nitrogen and oxygen atoms in total. The molecule has 2 aromatic rings. The number of aryl methyl sites for hydroxylation is 1. The zero-order valence-corrected chi connectivity index (χ0v) is 12.6. The lowest BCUT2D eigenvalue weighted by molar-refractivity contribution is 0.0992. The Hall–Kier alpha value is -2.49. The summed E-state index contributed by atoms with van der Waals surface area (Å²) in [5.74, 6) is 0.456. The number of nitrogens with zero attached hydrogens (tertiary/aromatic N) is 1. The van der Waals surface area contributed by atoms with Gasteiger partial charge in [0.05, 0.1) is 7.11 Å². The van der Waals surface area contributed by atoms with Gasteiger partial charge in [-0.3, -0.25) is 4.79 Å². The van der Waals surface area contributed by atoms with Crippen LogP contribution in [0.3, 0.4) is 0 Å². The van der Waals surface area contributed by atoms with E-state index in [1.165, 1.54) is 5.56 Å². The molecule has 0 bridgehead atoms. The lowest BCUT2D eigenvalue weighted by atomic mass is 10.1.